The Morgan fingerprint density at radius 1 is 1.32 bits per heavy atom. The summed E-state index contributed by atoms with van der Waals surface area (Å²) in [6, 6.07) is 9.00. The highest BCUT2D eigenvalue weighted by molar-refractivity contribution is 5.92. The SMILES string of the molecule is Cc1cccc(OCc2ccc(C(=O)N/N=C\c3c(C)nn(C)c3F)o2)c1C. The summed E-state index contributed by atoms with van der Waals surface area (Å²) in [6.07, 6.45) is 1.21. The highest BCUT2D eigenvalue weighted by Gasteiger charge is 2.13. The molecule has 0 atom stereocenters. The van der Waals surface area contributed by atoms with Gasteiger partial charge < -0.3 is 9.15 Å². The number of hydrazone groups is 1. The van der Waals surface area contributed by atoms with Gasteiger partial charge in [0.1, 0.15) is 18.1 Å². The molecule has 0 aliphatic rings. The number of aromatic nitrogens is 2. The molecule has 0 aliphatic carbocycles. The second kappa shape index (κ2) is 8.08. The molecule has 0 aliphatic heterocycles. The number of benzene rings is 1. The average Bonchev–Trinajstić information content (AvgIpc) is 3.23. The number of nitrogens with zero attached hydrogens (tertiary/aromatic N) is 3. The molecule has 146 valence electrons. The number of hydrogen-bond donors (Lipinski definition) is 1. The van der Waals surface area contributed by atoms with Crippen LogP contribution in [0.3, 0.4) is 0 Å². The lowest BCUT2D eigenvalue weighted by Gasteiger charge is -2.09. The molecule has 28 heavy (non-hydrogen) atoms. The third kappa shape index (κ3) is 4.11. The molecule has 8 heteroatoms. The first-order chi connectivity index (χ1) is 13.4. The van der Waals surface area contributed by atoms with Crippen LogP contribution < -0.4 is 10.2 Å². The van der Waals surface area contributed by atoms with E-state index in [1.807, 2.05) is 32.0 Å². The summed E-state index contributed by atoms with van der Waals surface area (Å²) >= 11 is 0. The van der Waals surface area contributed by atoms with Gasteiger partial charge in [-0.05, 0) is 50.1 Å². The summed E-state index contributed by atoms with van der Waals surface area (Å²) in [6.45, 7) is 5.84. The van der Waals surface area contributed by atoms with Gasteiger partial charge in [-0.15, -0.1) is 0 Å². The molecule has 3 rings (SSSR count). The van der Waals surface area contributed by atoms with Gasteiger partial charge in [-0.25, -0.2) is 10.1 Å². The van der Waals surface area contributed by atoms with E-state index in [0.717, 1.165) is 21.6 Å². The van der Waals surface area contributed by atoms with E-state index in [1.54, 1.807) is 13.0 Å². The molecular weight excluding hydrogens is 363 g/mol. The Morgan fingerprint density at radius 2 is 2.11 bits per heavy atom. The first kappa shape index (κ1) is 19.3. The average molecular weight is 384 g/mol. The number of ether oxygens (including phenoxy) is 1. The number of aryl methyl sites for hydroxylation is 3. The fourth-order valence-corrected chi connectivity index (χ4v) is 2.61. The van der Waals surface area contributed by atoms with E-state index in [2.05, 4.69) is 15.6 Å². The van der Waals surface area contributed by atoms with Crippen LogP contribution in [-0.2, 0) is 13.7 Å². The summed E-state index contributed by atoms with van der Waals surface area (Å²) in [7, 11) is 1.49. The Kier molecular flexibility index (Phi) is 5.58. The van der Waals surface area contributed by atoms with Crippen LogP contribution in [0.4, 0.5) is 4.39 Å². The number of rotatable bonds is 6. The molecule has 2 heterocycles. The number of halogens is 1. The predicted octanol–water partition coefficient (Wildman–Crippen LogP) is 3.42. The maximum absolute atomic E-state index is 13.8. The third-order valence-corrected chi connectivity index (χ3v) is 4.37. The first-order valence-corrected chi connectivity index (χ1v) is 8.67. The van der Waals surface area contributed by atoms with E-state index in [9.17, 15) is 9.18 Å². The van der Waals surface area contributed by atoms with Crippen molar-refractivity contribution < 1.29 is 18.3 Å². The van der Waals surface area contributed by atoms with Gasteiger partial charge in [-0.1, -0.05) is 12.1 Å². The number of hydrogen-bond acceptors (Lipinski definition) is 5. The van der Waals surface area contributed by atoms with Gasteiger partial charge in [0.15, 0.2) is 5.76 Å². The molecule has 7 nitrogen and oxygen atoms in total. The quantitative estimate of drug-likeness (QED) is 0.522. The summed E-state index contributed by atoms with van der Waals surface area (Å²) in [5.74, 6) is 0.278. The van der Waals surface area contributed by atoms with Crippen LogP contribution in [0.1, 0.15) is 38.7 Å². The Bertz CT molecular complexity index is 1040. The van der Waals surface area contributed by atoms with E-state index in [1.165, 1.54) is 19.3 Å². The van der Waals surface area contributed by atoms with E-state index in [-0.39, 0.29) is 17.9 Å². The molecule has 1 aromatic carbocycles. The van der Waals surface area contributed by atoms with Crippen molar-refractivity contribution in [2.75, 3.05) is 0 Å². The fraction of sp³-hybridized carbons (Fsp3) is 0.250. The monoisotopic (exact) mass is 384 g/mol. The van der Waals surface area contributed by atoms with E-state index in [4.69, 9.17) is 9.15 Å². The standard InChI is InChI=1S/C20H21FN4O3/c1-12-6-5-7-17(13(12)2)27-11-15-8-9-18(28-15)20(26)23-22-10-16-14(3)24-25(4)19(16)21/h5-10H,11H2,1-4H3,(H,23,26)/b22-10-. The second-order valence-electron chi connectivity index (χ2n) is 6.37. The molecule has 0 radical (unpaired) electrons. The topological polar surface area (TPSA) is 81.6 Å². The fourth-order valence-electron chi connectivity index (χ4n) is 2.61. The van der Waals surface area contributed by atoms with E-state index >= 15 is 0 Å². The van der Waals surface area contributed by atoms with Gasteiger partial charge >= 0.3 is 5.91 Å². The van der Waals surface area contributed by atoms with Crippen molar-refractivity contribution >= 4 is 12.1 Å². The van der Waals surface area contributed by atoms with Crippen molar-refractivity contribution in [2.24, 2.45) is 12.1 Å². The zero-order valence-electron chi connectivity index (χ0n) is 16.1. The largest absolute Gasteiger partial charge is 0.485 e. The molecule has 0 unspecified atom stereocenters. The van der Waals surface area contributed by atoms with Crippen LogP contribution in [0.25, 0.3) is 0 Å². The minimum Gasteiger partial charge on any atom is -0.485 e. The van der Waals surface area contributed by atoms with Gasteiger partial charge in [-0.2, -0.15) is 14.6 Å². The van der Waals surface area contributed by atoms with Crippen molar-refractivity contribution in [1.82, 2.24) is 15.2 Å². The number of carbonyl (C=O) groups is 1. The van der Waals surface area contributed by atoms with Crippen molar-refractivity contribution in [1.29, 1.82) is 0 Å². The van der Waals surface area contributed by atoms with E-state index in [0.29, 0.717) is 11.5 Å². The Morgan fingerprint density at radius 3 is 2.82 bits per heavy atom. The number of furan rings is 1. The highest BCUT2D eigenvalue weighted by atomic mass is 19.1. The van der Waals surface area contributed by atoms with Crippen LogP contribution in [0.2, 0.25) is 0 Å². The van der Waals surface area contributed by atoms with Crippen LogP contribution in [0, 0.1) is 26.7 Å². The maximum atomic E-state index is 13.8. The lowest BCUT2D eigenvalue weighted by atomic mass is 10.1. The molecule has 0 saturated carbocycles. The van der Waals surface area contributed by atoms with E-state index < -0.39 is 11.9 Å². The van der Waals surface area contributed by atoms with Gasteiger partial charge in [-0.3, -0.25) is 4.79 Å². The van der Waals surface area contributed by atoms with Crippen LogP contribution in [0.5, 0.6) is 5.75 Å². The Hall–Kier alpha value is -3.42. The summed E-state index contributed by atoms with van der Waals surface area (Å²) in [4.78, 5) is 12.1. The molecule has 0 fully saturated rings. The first-order valence-electron chi connectivity index (χ1n) is 8.67. The Balaban J connectivity index is 1.59. The van der Waals surface area contributed by atoms with Gasteiger partial charge in [0.2, 0.25) is 5.95 Å². The zero-order chi connectivity index (χ0) is 20.3. The molecule has 2 aromatic heterocycles. The van der Waals surface area contributed by atoms with Crippen molar-refractivity contribution in [3.63, 3.8) is 0 Å². The molecule has 0 saturated heterocycles. The summed E-state index contributed by atoms with van der Waals surface area (Å²) < 4.78 is 26.2. The molecule has 1 amide bonds. The predicted molar refractivity (Wildman–Crippen MR) is 102 cm³/mol. The minimum absolute atomic E-state index is 0.0834. The zero-order valence-corrected chi connectivity index (χ0v) is 16.1. The number of carbonyl (C=O) groups excluding carboxylic acids is 1. The minimum atomic E-state index is -0.545. The smallest absolute Gasteiger partial charge is 0.307 e. The van der Waals surface area contributed by atoms with Crippen LogP contribution >= 0.6 is 0 Å². The Labute approximate surface area is 161 Å². The number of amides is 1. The lowest BCUT2D eigenvalue weighted by Crippen LogP contribution is -2.17. The molecule has 1 N–H and O–H groups in total. The number of nitrogens with one attached hydrogen (secondary N) is 1. The summed E-state index contributed by atoms with van der Waals surface area (Å²) in [5, 5.41) is 7.70. The van der Waals surface area contributed by atoms with Gasteiger partial charge in [0, 0.05) is 7.05 Å². The molecule has 0 spiro atoms. The summed E-state index contributed by atoms with van der Waals surface area (Å²) in [5.41, 5.74) is 5.18. The highest BCUT2D eigenvalue weighted by Crippen LogP contribution is 2.22. The third-order valence-electron chi connectivity index (χ3n) is 4.37. The molecule has 3 aromatic rings. The maximum Gasteiger partial charge on any atom is 0.307 e. The van der Waals surface area contributed by atoms with Gasteiger partial charge in [0.25, 0.3) is 0 Å². The van der Waals surface area contributed by atoms with Crippen molar-refractivity contribution in [3.05, 3.63) is 70.2 Å². The van der Waals surface area contributed by atoms with Crippen LogP contribution in [-0.4, -0.2) is 21.9 Å². The lowest BCUT2D eigenvalue weighted by molar-refractivity contribution is 0.0923. The van der Waals surface area contributed by atoms with Gasteiger partial charge in [0.05, 0.1) is 17.5 Å². The normalized spacial score (nSPS) is 11.2. The van der Waals surface area contributed by atoms with Crippen molar-refractivity contribution in [2.45, 2.75) is 27.4 Å². The van der Waals surface area contributed by atoms with Crippen LogP contribution in [0.15, 0.2) is 39.9 Å². The second-order valence-corrected chi connectivity index (χ2v) is 6.37. The van der Waals surface area contributed by atoms with Crippen molar-refractivity contribution in [3.8, 4) is 5.75 Å². The molecular formula is C20H21FN4O3. The molecule has 0 bridgehead atoms.